The van der Waals surface area contributed by atoms with Crippen molar-refractivity contribution in [2.45, 2.75) is 108 Å². The van der Waals surface area contributed by atoms with Crippen LogP contribution in [0.5, 0.6) is 0 Å². The molecule has 9 atom stereocenters. The minimum absolute atomic E-state index is 0.0326. The molecule has 59 heavy (non-hydrogen) atoms. The zero-order valence-corrected chi connectivity index (χ0v) is 32.8. The van der Waals surface area contributed by atoms with Gasteiger partial charge >= 0.3 is 11.9 Å². The number of para-hydroxylation sites is 1. The van der Waals surface area contributed by atoms with Gasteiger partial charge in [0.1, 0.15) is 36.3 Å². The van der Waals surface area contributed by atoms with Crippen molar-refractivity contribution < 1.29 is 63.6 Å². The number of likely N-dealkylation sites (tertiary alicyclic amines) is 1. The number of aromatic nitrogens is 1. The number of hydrogen-bond acceptors (Lipinski definition) is 12. The Morgan fingerprint density at radius 3 is 2.00 bits per heavy atom. The molecule has 0 bridgehead atoms. The molecule has 2 heterocycles. The van der Waals surface area contributed by atoms with Crippen molar-refractivity contribution in [3.8, 4) is 0 Å². The number of primary amides is 1. The van der Waals surface area contributed by atoms with E-state index < -0.39 is 127 Å². The van der Waals surface area contributed by atoms with Crippen LogP contribution in [0.4, 0.5) is 0 Å². The zero-order valence-electron chi connectivity index (χ0n) is 32.8. The minimum atomic E-state index is -1.91. The lowest BCUT2D eigenvalue weighted by Gasteiger charge is -2.30. The number of aliphatic hydroxyl groups excluding tert-OH is 2. The summed E-state index contributed by atoms with van der Waals surface area (Å²) >= 11 is 0. The summed E-state index contributed by atoms with van der Waals surface area (Å²) in [4.78, 5) is 120. The number of rotatable bonds is 22. The van der Waals surface area contributed by atoms with Crippen LogP contribution in [0, 0.1) is 5.92 Å². The number of aliphatic hydroxyl groups is 2. The maximum atomic E-state index is 13.7. The van der Waals surface area contributed by atoms with Gasteiger partial charge in [-0.15, -0.1) is 0 Å². The summed E-state index contributed by atoms with van der Waals surface area (Å²) < 4.78 is 0. The third kappa shape index (κ3) is 12.9. The van der Waals surface area contributed by atoms with E-state index in [4.69, 9.17) is 11.5 Å². The first-order chi connectivity index (χ1) is 27.8. The van der Waals surface area contributed by atoms with Gasteiger partial charge in [-0.1, -0.05) is 38.5 Å². The molecule has 0 radical (unpaired) electrons. The first-order valence-corrected chi connectivity index (χ1v) is 18.9. The molecule has 1 fully saturated rings. The van der Waals surface area contributed by atoms with Gasteiger partial charge in [0.05, 0.1) is 31.6 Å². The van der Waals surface area contributed by atoms with E-state index in [1.54, 1.807) is 26.1 Å². The molecule has 1 aromatic heterocycles. The minimum Gasteiger partial charge on any atom is -0.481 e. The number of hydrogen-bond donors (Lipinski definition) is 12. The Labute approximate surface area is 338 Å². The maximum Gasteiger partial charge on any atom is 0.326 e. The van der Waals surface area contributed by atoms with E-state index in [0.717, 1.165) is 22.7 Å². The van der Waals surface area contributed by atoms with Crippen molar-refractivity contribution in [3.63, 3.8) is 0 Å². The highest BCUT2D eigenvalue weighted by atomic mass is 16.4. The summed E-state index contributed by atoms with van der Waals surface area (Å²) in [5.41, 5.74) is 13.1. The van der Waals surface area contributed by atoms with Gasteiger partial charge in [0, 0.05) is 23.6 Å². The second-order valence-corrected chi connectivity index (χ2v) is 14.4. The third-order valence-corrected chi connectivity index (χ3v) is 9.98. The number of carboxylic acids is 2. The largest absolute Gasteiger partial charge is 0.481 e. The highest BCUT2D eigenvalue weighted by Gasteiger charge is 2.41. The van der Waals surface area contributed by atoms with Crippen molar-refractivity contribution in [1.82, 2.24) is 36.5 Å². The molecule has 7 amide bonds. The van der Waals surface area contributed by atoms with Gasteiger partial charge < -0.3 is 68.4 Å². The summed E-state index contributed by atoms with van der Waals surface area (Å²) in [6.45, 7) is 3.29. The first-order valence-electron chi connectivity index (χ1n) is 18.9. The molecule has 0 aliphatic carbocycles. The van der Waals surface area contributed by atoms with E-state index in [1.807, 2.05) is 18.2 Å². The Kier molecular flexibility index (Phi) is 17.3. The molecular formula is C37H53N9O13. The van der Waals surface area contributed by atoms with Crippen LogP contribution in [0.25, 0.3) is 10.9 Å². The topological polar surface area (TPSA) is 366 Å². The van der Waals surface area contributed by atoms with Crippen LogP contribution in [-0.2, 0) is 49.6 Å². The van der Waals surface area contributed by atoms with E-state index in [-0.39, 0.29) is 25.8 Å². The van der Waals surface area contributed by atoms with Gasteiger partial charge in [0.2, 0.25) is 41.4 Å². The van der Waals surface area contributed by atoms with Crippen LogP contribution < -0.4 is 38.1 Å². The van der Waals surface area contributed by atoms with E-state index in [1.165, 1.54) is 0 Å². The second kappa shape index (κ2) is 21.6. The number of fused-ring (bicyclic) bond motifs is 1. The zero-order chi connectivity index (χ0) is 44.1. The molecule has 324 valence electrons. The maximum absolute atomic E-state index is 13.7. The highest BCUT2D eigenvalue weighted by molar-refractivity contribution is 5.99. The quantitative estimate of drug-likeness (QED) is 0.0544. The molecule has 0 spiro atoms. The molecule has 1 aromatic carbocycles. The second-order valence-electron chi connectivity index (χ2n) is 14.4. The Morgan fingerprint density at radius 1 is 0.831 bits per heavy atom. The van der Waals surface area contributed by atoms with E-state index in [2.05, 4.69) is 31.6 Å². The van der Waals surface area contributed by atoms with Crippen molar-refractivity contribution in [2.75, 3.05) is 13.2 Å². The molecule has 2 aromatic rings. The average molecular weight is 832 g/mol. The molecule has 22 heteroatoms. The Hall–Kier alpha value is -6.13. The molecule has 1 saturated heterocycles. The molecule has 0 unspecified atom stereocenters. The number of H-pyrrole nitrogens is 1. The summed E-state index contributed by atoms with van der Waals surface area (Å²) in [6, 6.07) is -3.65. The van der Waals surface area contributed by atoms with Crippen LogP contribution in [0.2, 0.25) is 0 Å². The standard InChI is InChI=1S/C37H53N9O13/c1-4-17(2)29(44-33(54)23(13-27(39)49)41-31(52)21(38)12-19-15-40-22-9-6-5-8-20(19)22)35(56)42-24(14-28(50)51)32(53)43-25(16-47)34(55)45-30(18(3)48)36(57)46-11-7-10-26(46)37(58)59/h5-6,8-9,15,17-18,21,23-26,29-30,40,47-48H,4,7,10-14,16,38H2,1-3H3,(H2,39,49)(H,41,52)(H,42,56)(H,43,53)(H,44,54)(H,45,55)(H,50,51)(H,58,59)/t17-,18+,21-,23-,24-,25-,26-,29-,30-/m0/s1. The fourth-order valence-corrected chi connectivity index (χ4v) is 6.50. The molecule has 0 saturated carbocycles. The fourth-order valence-electron chi connectivity index (χ4n) is 6.50. The SMILES string of the molecule is CC[C@H](C)[C@H](NC(=O)[C@H](CC(N)=O)NC(=O)[C@@H](N)Cc1c[nH]c2ccccc12)C(=O)N[C@@H](CC(=O)O)C(=O)N[C@@H](CO)C(=O)N[C@H](C(=O)N1CCC[C@H]1C(=O)O)[C@@H](C)O. The third-order valence-electron chi connectivity index (χ3n) is 9.98. The number of carbonyl (C=O) groups is 9. The lowest BCUT2D eigenvalue weighted by atomic mass is 9.97. The number of carboxylic acid groups (broad SMARTS) is 2. The summed E-state index contributed by atoms with van der Waals surface area (Å²) in [5.74, 6) is -10.9. The van der Waals surface area contributed by atoms with E-state index in [0.29, 0.717) is 12.0 Å². The predicted octanol–water partition coefficient (Wildman–Crippen LogP) is -3.69. The number of aliphatic carboxylic acids is 2. The molecule has 1 aliphatic heterocycles. The number of benzene rings is 1. The lowest BCUT2D eigenvalue weighted by Crippen LogP contribution is -2.62. The van der Waals surface area contributed by atoms with Crippen molar-refractivity contribution in [1.29, 1.82) is 0 Å². The number of carbonyl (C=O) groups excluding carboxylic acids is 7. The fraction of sp³-hybridized carbons (Fsp3) is 0.541. The summed E-state index contributed by atoms with van der Waals surface area (Å²) in [5, 5.41) is 51.5. The van der Waals surface area contributed by atoms with Crippen molar-refractivity contribution in [2.24, 2.45) is 17.4 Å². The Bertz CT molecular complexity index is 1890. The Morgan fingerprint density at radius 2 is 1.41 bits per heavy atom. The number of nitrogens with zero attached hydrogens (tertiary/aromatic N) is 1. The van der Waals surface area contributed by atoms with Crippen LogP contribution in [0.1, 0.15) is 58.4 Å². The van der Waals surface area contributed by atoms with Crippen LogP contribution >= 0.6 is 0 Å². The number of nitrogens with one attached hydrogen (secondary N) is 6. The normalized spacial score (nSPS) is 17.9. The van der Waals surface area contributed by atoms with Crippen molar-refractivity contribution in [3.05, 3.63) is 36.0 Å². The van der Waals surface area contributed by atoms with Gasteiger partial charge in [-0.3, -0.25) is 38.4 Å². The highest BCUT2D eigenvalue weighted by Crippen LogP contribution is 2.20. The van der Waals surface area contributed by atoms with Crippen molar-refractivity contribution >= 4 is 64.2 Å². The van der Waals surface area contributed by atoms with Gasteiger partial charge in [-0.25, -0.2) is 4.79 Å². The van der Waals surface area contributed by atoms with Gasteiger partial charge in [0.15, 0.2) is 0 Å². The van der Waals surface area contributed by atoms with Gasteiger partial charge in [0.25, 0.3) is 0 Å². The first kappa shape index (κ1) is 47.2. The summed E-state index contributed by atoms with van der Waals surface area (Å²) in [7, 11) is 0. The average Bonchev–Trinajstić information content (AvgIpc) is 3.84. The summed E-state index contributed by atoms with van der Waals surface area (Å²) in [6.07, 6.45) is -0.825. The number of aromatic amines is 1. The molecule has 22 nitrogen and oxygen atoms in total. The van der Waals surface area contributed by atoms with Crippen LogP contribution in [0.15, 0.2) is 30.5 Å². The van der Waals surface area contributed by atoms with Crippen LogP contribution in [0.3, 0.4) is 0 Å². The molecule has 3 rings (SSSR count). The predicted molar refractivity (Wildman–Crippen MR) is 206 cm³/mol. The van der Waals surface area contributed by atoms with E-state index in [9.17, 15) is 63.6 Å². The number of amides is 7. The van der Waals surface area contributed by atoms with E-state index >= 15 is 0 Å². The van der Waals surface area contributed by atoms with Gasteiger partial charge in [-0.05, 0) is 43.7 Å². The Balaban J connectivity index is 1.74. The number of nitrogens with two attached hydrogens (primary N) is 2. The lowest BCUT2D eigenvalue weighted by molar-refractivity contribution is -0.151. The molecule has 14 N–H and O–H groups in total. The molecule has 1 aliphatic rings. The smallest absolute Gasteiger partial charge is 0.326 e. The van der Waals surface area contributed by atoms with Crippen LogP contribution in [-0.4, -0.2) is 145 Å². The monoisotopic (exact) mass is 831 g/mol. The molecular weight excluding hydrogens is 778 g/mol. The van der Waals surface area contributed by atoms with Gasteiger partial charge in [-0.2, -0.15) is 0 Å².